The molecule has 1 nitrogen and oxygen atoms in total. The van der Waals surface area contributed by atoms with Crippen molar-refractivity contribution in [3.63, 3.8) is 0 Å². The van der Waals surface area contributed by atoms with Gasteiger partial charge in [0.15, 0.2) is 0 Å². The van der Waals surface area contributed by atoms with Crippen molar-refractivity contribution in [1.29, 1.82) is 0 Å². The zero-order valence-electron chi connectivity index (χ0n) is 8.16. The van der Waals surface area contributed by atoms with Crippen molar-refractivity contribution in [2.45, 2.75) is 25.5 Å². The summed E-state index contributed by atoms with van der Waals surface area (Å²) >= 11 is 1.88. The Morgan fingerprint density at radius 3 is 2.54 bits per heavy atom. The average molecular weight is 196 g/mol. The van der Waals surface area contributed by atoms with Crippen molar-refractivity contribution in [3.8, 4) is 5.75 Å². The molecule has 1 rings (SSSR count). The second-order valence-corrected chi connectivity index (χ2v) is 4.39. The molecule has 0 radical (unpaired) electrons. The molecule has 0 bridgehead atoms. The third-order valence-electron chi connectivity index (χ3n) is 2.02. The summed E-state index contributed by atoms with van der Waals surface area (Å²) in [6.07, 6.45) is 1.07. The predicted molar refractivity (Wildman–Crippen MR) is 59.3 cm³/mol. The highest BCUT2D eigenvalue weighted by atomic mass is 32.2. The lowest BCUT2D eigenvalue weighted by atomic mass is 10.1. The van der Waals surface area contributed by atoms with E-state index in [0.29, 0.717) is 11.0 Å². The van der Waals surface area contributed by atoms with E-state index in [2.05, 4.69) is 13.8 Å². The number of para-hydroxylation sites is 1. The monoisotopic (exact) mass is 196 g/mol. The van der Waals surface area contributed by atoms with Crippen LogP contribution < -0.4 is 0 Å². The number of hydrogen-bond donors (Lipinski definition) is 1. The molecule has 0 aliphatic carbocycles. The molecule has 1 aromatic rings. The van der Waals surface area contributed by atoms with Gasteiger partial charge in [-0.2, -0.15) is 11.8 Å². The normalized spacial score (nSPS) is 12.8. The summed E-state index contributed by atoms with van der Waals surface area (Å²) in [6.45, 7) is 4.30. The summed E-state index contributed by atoms with van der Waals surface area (Å²) in [5.74, 6) is 1.52. The van der Waals surface area contributed by atoms with Gasteiger partial charge in [-0.1, -0.05) is 32.0 Å². The van der Waals surface area contributed by atoms with Crippen LogP contribution in [0.25, 0.3) is 0 Å². The van der Waals surface area contributed by atoms with Crippen LogP contribution in [0.4, 0.5) is 0 Å². The summed E-state index contributed by atoms with van der Waals surface area (Å²) in [6, 6.07) is 7.61. The first kappa shape index (κ1) is 10.5. The van der Waals surface area contributed by atoms with E-state index in [9.17, 15) is 5.11 Å². The van der Waals surface area contributed by atoms with Crippen LogP contribution in [0.2, 0.25) is 0 Å². The van der Waals surface area contributed by atoms with Gasteiger partial charge in [-0.15, -0.1) is 0 Å². The smallest absolute Gasteiger partial charge is 0.119 e. The number of phenolic OH excluding ortho intramolecular Hbond substituents is 1. The molecule has 0 heterocycles. The third-order valence-corrected chi connectivity index (χ3v) is 3.35. The van der Waals surface area contributed by atoms with Crippen LogP contribution in [0.15, 0.2) is 24.3 Å². The topological polar surface area (TPSA) is 20.2 Å². The first-order chi connectivity index (χ1) is 6.29. The first-order valence-corrected chi connectivity index (χ1v) is 5.74. The highest BCUT2D eigenvalue weighted by Crippen LogP contribution is 2.36. The summed E-state index contributed by atoms with van der Waals surface area (Å²) in [5, 5.41) is 10.1. The van der Waals surface area contributed by atoms with Crippen LogP contribution in [0.1, 0.15) is 31.1 Å². The van der Waals surface area contributed by atoms with Gasteiger partial charge >= 0.3 is 0 Å². The molecule has 72 valence electrons. The minimum absolute atomic E-state index is 0.426. The fourth-order valence-corrected chi connectivity index (χ4v) is 2.41. The quantitative estimate of drug-likeness (QED) is 0.794. The van der Waals surface area contributed by atoms with Gasteiger partial charge in [0, 0.05) is 10.8 Å². The van der Waals surface area contributed by atoms with Gasteiger partial charge in [0.25, 0.3) is 0 Å². The van der Waals surface area contributed by atoms with Gasteiger partial charge in [0.05, 0.1) is 0 Å². The lowest BCUT2D eigenvalue weighted by Gasteiger charge is -2.14. The van der Waals surface area contributed by atoms with E-state index in [1.807, 2.05) is 30.0 Å². The Balaban J connectivity index is 2.84. The van der Waals surface area contributed by atoms with Crippen LogP contribution in [0.5, 0.6) is 5.75 Å². The summed E-state index contributed by atoms with van der Waals surface area (Å²) in [4.78, 5) is 0. The molecule has 1 N–H and O–H groups in total. The van der Waals surface area contributed by atoms with Crippen molar-refractivity contribution in [2.75, 3.05) is 5.75 Å². The molecule has 0 aromatic heterocycles. The number of benzene rings is 1. The number of rotatable bonds is 4. The summed E-state index contributed by atoms with van der Waals surface area (Å²) < 4.78 is 0. The molecule has 0 saturated heterocycles. The van der Waals surface area contributed by atoms with Gasteiger partial charge in [0.2, 0.25) is 0 Å². The van der Waals surface area contributed by atoms with E-state index in [0.717, 1.165) is 17.7 Å². The molecule has 0 fully saturated rings. The van der Waals surface area contributed by atoms with Crippen LogP contribution in [0.3, 0.4) is 0 Å². The highest BCUT2D eigenvalue weighted by molar-refractivity contribution is 7.99. The molecule has 0 aliphatic heterocycles. The number of thioether (sulfide) groups is 1. The minimum Gasteiger partial charge on any atom is -0.508 e. The maximum absolute atomic E-state index is 9.63. The average Bonchev–Trinajstić information content (AvgIpc) is 2.16. The predicted octanol–water partition coefficient (Wildman–Crippen LogP) is 3.60. The zero-order valence-corrected chi connectivity index (χ0v) is 8.97. The van der Waals surface area contributed by atoms with Crippen molar-refractivity contribution >= 4 is 11.8 Å². The Labute approximate surface area is 84.2 Å². The lowest BCUT2D eigenvalue weighted by molar-refractivity contribution is 0.467. The lowest BCUT2D eigenvalue weighted by Crippen LogP contribution is -1.93. The second kappa shape index (κ2) is 5.18. The van der Waals surface area contributed by atoms with Gasteiger partial charge in [0.1, 0.15) is 5.75 Å². The molecule has 2 heteroatoms. The van der Waals surface area contributed by atoms with Crippen LogP contribution >= 0.6 is 11.8 Å². The Bertz CT molecular complexity index is 260. The largest absolute Gasteiger partial charge is 0.508 e. The first-order valence-electron chi connectivity index (χ1n) is 4.69. The molecule has 0 saturated carbocycles. The molecule has 1 atom stereocenters. The fourth-order valence-electron chi connectivity index (χ4n) is 1.39. The van der Waals surface area contributed by atoms with E-state index < -0.39 is 0 Å². The molecular formula is C11H16OS. The molecule has 0 spiro atoms. The van der Waals surface area contributed by atoms with Crippen molar-refractivity contribution in [2.24, 2.45) is 0 Å². The van der Waals surface area contributed by atoms with Crippen molar-refractivity contribution in [3.05, 3.63) is 29.8 Å². The van der Waals surface area contributed by atoms with Crippen molar-refractivity contribution < 1.29 is 5.11 Å². The Morgan fingerprint density at radius 2 is 2.00 bits per heavy atom. The van der Waals surface area contributed by atoms with E-state index in [-0.39, 0.29) is 0 Å². The van der Waals surface area contributed by atoms with E-state index in [1.165, 1.54) is 0 Å². The molecule has 0 amide bonds. The number of phenols is 1. The maximum Gasteiger partial charge on any atom is 0.119 e. The SMILES string of the molecule is CCSC(CC)c1ccccc1O. The fraction of sp³-hybridized carbons (Fsp3) is 0.455. The number of hydrogen-bond acceptors (Lipinski definition) is 2. The minimum atomic E-state index is 0.426. The maximum atomic E-state index is 9.63. The standard InChI is InChI=1S/C11H16OS/c1-3-11(13-4-2)9-7-5-6-8-10(9)12/h5-8,11-12H,3-4H2,1-2H3. The van der Waals surface area contributed by atoms with Crippen LogP contribution in [-0.2, 0) is 0 Å². The Kier molecular flexibility index (Phi) is 4.16. The molecule has 1 aromatic carbocycles. The summed E-state index contributed by atoms with van der Waals surface area (Å²) in [5.41, 5.74) is 1.07. The van der Waals surface area contributed by atoms with Gasteiger partial charge in [-0.3, -0.25) is 0 Å². The zero-order chi connectivity index (χ0) is 9.68. The van der Waals surface area contributed by atoms with Gasteiger partial charge in [-0.25, -0.2) is 0 Å². The number of aromatic hydroxyl groups is 1. The second-order valence-electron chi connectivity index (χ2n) is 2.91. The molecular weight excluding hydrogens is 180 g/mol. The van der Waals surface area contributed by atoms with E-state index in [1.54, 1.807) is 6.07 Å². The van der Waals surface area contributed by atoms with Crippen LogP contribution in [0, 0.1) is 0 Å². The third kappa shape index (κ3) is 2.66. The van der Waals surface area contributed by atoms with E-state index >= 15 is 0 Å². The Hall–Kier alpha value is -0.630. The molecule has 13 heavy (non-hydrogen) atoms. The van der Waals surface area contributed by atoms with Crippen molar-refractivity contribution in [1.82, 2.24) is 0 Å². The van der Waals surface area contributed by atoms with Gasteiger partial charge < -0.3 is 5.11 Å². The van der Waals surface area contributed by atoms with E-state index in [4.69, 9.17) is 0 Å². The highest BCUT2D eigenvalue weighted by Gasteiger charge is 2.11. The Morgan fingerprint density at radius 1 is 1.31 bits per heavy atom. The molecule has 1 unspecified atom stereocenters. The van der Waals surface area contributed by atoms with Crippen LogP contribution in [-0.4, -0.2) is 10.9 Å². The van der Waals surface area contributed by atoms with Gasteiger partial charge in [-0.05, 0) is 18.2 Å². The molecule has 0 aliphatic rings. The summed E-state index contributed by atoms with van der Waals surface area (Å²) in [7, 11) is 0.